The second kappa shape index (κ2) is 5.95. The van der Waals surface area contributed by atoms with Crippen molar-refractivity contribution in [3.8, 4) is 0 Å². The molecule has 0 N–H and O–H groups in total. The maximum Gasteiger partial charge on any atom is 0.175 e. The van der Waals surface area contributed by atoms with E-state index < -0.39 is 15.7 Å². The Labute approximate surface area is 139 Å². The molecule has 0 spiro atoms. The Morgan fingerprint density at radius 3 is 2.09 bits per heavy atom. The second-order valence-corrected chi connectivity index (χ2v) is 7.82. The maximum atomic E-state index is 13.3. The minimum absolute atomic E-state index is 0.0853. The zero-order chi connectivity index (χ0) is 16.6. The van der Waals surface area contributed by atoms with Gasteiger partial charge in [0, 0.05) is 6.26 Å². The fraction of sp³-hybridized carbons (Fsp3) is 0.111. The van der Waals surface area contributed by atoms with E-state index in [-0.39, 0.29) is 9.92 Å². The lowest BCUT2D eigenvalue weighted by molar-refractivity contribution is 0.602. The highest BCUT2D eigenvalue weighted by Crippen LogP contribution is 2.37. The number of allylic oxidation sites excluding steroid dienone is 4. The molecule has 0 atom stereocenters. The summed E-state index contributed by atoms with van der Waals surface area (Å²) in [7, 11) is -3.21. The molecule has 2 aromatic carbocycles. The quantitative estimate of drug-likeness (QED) is 0.801. The van der Waals surface area contributed by atoms with Crippen LogP contribution in [0, 0.1) is 5.82 Å². The maximum absolute atomic E-state index is 13.3. The van der Waals surface area contributed by atoms with Gasteiger partial charge >= 0.3 is 0 Å². The molecule has 2 aromatic rings. The van der Waals surface area contributed by atoms with Crippen molar-refractivity contribution in [2.75, 3.05) is 6.26 Å². The molecule has 0 unspecified atom stereocenters. The first-order chi connectivity index (χ1) is 10.9. The molecule has 1 aliphatic rings. The monoisotopic (exact) mass is 348 g/mol. The summed E-state index contributed by atoms with van der Waals surface area (Å²) < 4.78 is 36.4. The average Bonchev–Trinajstić information content (AvgIpc) is 2.99. The highest BCUT2D eigenvalue weighted by atomic mass is 35.5. The number of hydrogen-bond donors (Lipinski definition) is 0. The van der Waals surface area contributed by atoms with Crippen LogP contribution in [0.15, 0.2) is 59.5 Å². The summed E-state index contributed by atoms with van der Waals surface area (Å²) in [5, 5.41) is 0.0853. The summed E-state index contributed by atoms with van der Waals surface area (Å²) in [6.07, 6.45) is 6.06. The van der Waals surface area contributed by atoms with Crippen molar-refractivity contribution in [3.63, 3.8) is 0 Å². The van der Waals surface area contributed by atoms with E-state index in [9.17, 15) is 12.8 Å². The van der Waals surface area contributed by atoms with Crippen LogP contribution in [-0.2, 0) is 9.84 Å². The summed E-state index contributed by atoms with van der Waals surface area (Å²) >= 11 is 5.87. The predicted octanol–water partition coefficient (Wildman–Crippen LogP) is 4.75. The molecule has 118 valence electrons. The third-order valence-corrected chi connectivity index (χ3v) is 5.18. The fourth-order valence-electron chi connectivity index (χ4n) is 2.61. The summed E-state index contributed by atoms with van der Waals surface area (Å²) in [6.45, 7) is 0. The number of benzene rings is 2. The number of hydrogen-bond acceptors (Lipinski definition) is 2. The minimum Gasteiger partial charge on any atom is -0.224 e. The highest BCUT2D eigenvalue weighted by Gasteiger charge is 2.16. The highest BCUT2D eigenvalue weighted by molar-refractivity contribution is 7.90. The molecule has 0 heterocycles. The second-order valence-electron chi connectivity index (χ2n) is 5.40. The van der Waals surface area contributed by atoms with Crippen LogP contribution in [0.2, 0.25) is 5.02 Å². The Morgan fingerprint density at radius 2 is 1.52 bits per heavy atom. The molecule has 0 amide bonds. The molecule has 1 aliphatic carbocycles. The lowest BCUT2D eigenvalue weighted by atomic mass is 9.95. The molecular formula is C18H14ClFO2S. The number of rotatable bonds is 3. The Balaban J connectivity index is 1.97. The summed E-state index contributed by atoms with van der Waals surface area (Å²) in [6, 6.07) is 11.4. The van der Waals surface area contributed by atoms with Crippen molar-refractivity contribution in [3.05, 3.63) is 76.6 Å². The van der Waals surface area contributed by atoms with Gasteiger partial charge in [0.1, 0.15) is 5.82 Å². The molecule has 0 aromatic heterocycles. The van der Waals surface area contributed by atoms with Gasteiger partial charge in [-0.2, -0.15) is 0 Å². The molecule has 2 nitrogen and oxygen atoms in total. The standard InChI is InChI=1S/C18H14ClFO2S/c1-23(21,22)14-8-5-12(6-9-14)15-3-2-4-16(15)13-7-10-18(20)17(19)11-13/h3-11H,2H2,1H3. The van der Waals surface area contributed by atoms with Crippen LogP contribution in [0.4, 0.5) is 4.39 Å². The number of halogens is 2. The van der Waals surface area contributed by atoms with Crippen molar-refractivity contribution in [2.45, 2.75) is 11.3 Å². The topological polar surface area (TPSA) is 34.1 Å². The molecule has 3 rings (SSSR count). The molecule has 0 radical (unpaired) electrons. The molecule has 23 heavy (non-hydrogen) atoms. The molecule has 0 fully saturated rings. The first-order valence-electron chi connectivity index (χ1n) is 7.03. The average molecular weight is 349 g/mol. The minimum atomic E-state index is -3.21. The van der Waals surface area contributed by atoms with Gasteiger partial charge in [0.25, 0.3) is 0 Å². The Kier molecular flexibility index (Phi) is 4.13. The van der Waals surface area contributed by atoms with Gasteiger partial charge < -0.3 is 0 Å². The van der Waals surface area contributed by atoms with E-state index in [1.54, 1.807) is 36.4 Å². The van der Waals surface area contributed by atoms with Crippen molar-refractivity contribution >= 4 is 32.6 Å². The van der Waals surface area contributed by atoms with Crippen LogP contribution in [0.3, 0.4) is 0 Å². The van der Waals surface area contributed by atoms with Crippen molar-refractivity contribution in [1.29, 1.82) is 0 Å². The van der Waals surface area contributed by atoms with Gasteiger partial charge in [0.05, 0.1) is 9.92 Å². The van der Waals surface area contributed by atoms with Crippen LogP contribution in [-0.4, -0.2) is 14.7 Å². The van der Waals surface area contributed by atoms with E-state index in [2.05, 4.69) is 6.08 Å². The predicted molar refractivity (Wildman–Crippen MR) is 91.5 cm³/mol. The van der Waals surface area contributed by atoms with Gasteiger partial charge in [-0.05, 0) is 53.0 Å². The molecular weight excluding hydrogens is 335 g/mol. The molecule has 0 aliphatic heterocycles. The van der Waals surface area contributed by atoms with Crippen molar-refractivity contribution in [2.24, 2.45) is 0 Å². The van der Waals surface area contributed by atoms with Crippen molar-refractivity contribution in [1.82, 2.24) is 0 Å². The lowest BCUT2D eigenvalue weighted by Gasteiger charge is -2.11. The number of sulfone groups is 1. The summed E-state index contributed by atoms with van der Waals surface area (Å²) in [5.74, 6) is -0.447. The van der Waals surface area contributed by atoms with Crippen LogP contribution < -0.4 is 0 Å². The zero-order valence-electron chi connectivity index (χ0n) is 12.4. The van der Waals surface area contributed by atoms with Crippen molar-refractivity contribution < 1.29 is 12.8 Å². The largest absolute Gasteiger partial charge is 0.224 e. The first kappa shape index (κ1) is 16.0. The van der Waals surface area contributed by atoms with Gasteiger partial charge in [0.2, 0.25) is 0 Å². The molecule has 0 saturated heterocycles. The van der Waals surface area contributed by atoms with Gasteiger partial charge in [-0.3, -0.25) is 0 Å². The van der Waals surface area contributed by atoms with Crippen LogP contribution in [0.1, 0.15) is 17.5 Å². The Bertz CT molecular complexity index is 926. The lowest BCUT2D eigenvalue weighted by Crippen LogP contribution is -1.97. The third-order valence-electron chi connectivity index (χ3n) is 3.76. The first-order valence-corrected chi connectivity index (χ1v) is 9.30. The van der Waals surface area contributed by atoms with Gasteiger partial charge in [0.15, 0.2) is 9.84 Å². The van der Waals surface area contributed by atoms with E-state index in [0.717, 1.165) is 28.7 Å². The van der Waals surface area contributed by atoms with E-state index in [4.69, 9.17) is 11.6 Å². The molecule has 0 saturated carbocycles. The third kappa shape index (κ3) is 3.23. The van der Waals surface area contributed by atoms with Crippen LogP contribution in [0.25, 0.3) is 11.1 Å². The van der Waals surface area contributed by atoms with E-state index in [0.29, 0.717) is 0 Å². The zero-order valence-corrected chi connectivity index (χ0v) is 14.0. The molecule has 5 heteroatoms. The normalized spacial score (nSPS) is 14.6. The van der Waals surface area contributed by atoms with E-state index in [1.807, 2.05) is 6.08 Å². The fourth-order valence-corrected chi connectivity index (χ4v) is 3.42. The van der Waals surface area contributed by atoms with Gasteiger partial charge in [-0.25, -0.2) is 12.8 Å². The van der Waals surface area contributed by atoms with Gasteiger partial charge in [-0.1, -0.05) is 42.0 Å². The van der Waals surface area contributed by atoms with Gasteiger partial charge in [-0.15, -0.1) is 0 Å². The summed E-state index contributed by atoms with van der Waals surface area (Å²) in [5.41, 5.74) is 3.72. The van der Waals surface area contributed by atoms with Crippen LogP contribution in [0.5, 0.6) is 0 Å². The summed E-state index contributed by atoms with van der Waals surface area (Å²) in [4.78, 5) is 0.287. The molecule has 0 bridgehead atoms. The van der Waals surface area contributed by atoms with E-state index in [1.165, 1.54) is 12.3 Å². The Hall–Kier alpha value is -1.91. The Morgan fingerprint density at radius 1 is 0.957 bits per heavy atom. The van der Waals surface area contributed by atoms with E-state index >= 15 is 0 Å². The SMILES string of the molecule is CS(=O)(=O)c1ccc(C2=CCC=C2c2ccc(F)c(Cl)c2)cc1. The van der Waals surface area contributed by atoms with Crippen LogP contribution >= 0.6 is 11.6 Å². The smallest absolute Gasteiger partial charge is 0.175 e.